The van der Waals surface area contributed by atoms with Gasteiger partial charge in [-0.1, -0.05) is 48.4 Å². The van der Waals surface area contributed by atoms with Gasteiger partial charge in [-0.25, -0.2) is 4.98 Å². The third-order valence-electron chi connectivity index (χ3n) is 6.87. The topological polar surface area (TPSA) is 106 Å². The molecule has 7 nitrogen and oxygen atoms in total. The summed E-state index contributed by atoms with van der Waals surface area (Å²) in [6.07, 6.45) is 2.15. The van der Waals surface area contributed by atoms with Crippen molar-refractivity contribution in [3.63, 3.8) is 0 Å². The number of carboxylic acid groups (broad SMARTS) is 1. The second kappa shape index (κ2) is 13.3. The van der Waals surface area contributed by atoms with Crippen molar-refractivity contribution in [3.05, 3.63) is 35.5 Å². The number of aliphatic carboxylic acids is 1. The van der Waals surface area contributed by atoms with Crippen LogP contribution in [0.2, 0.25) is 0 Å². The Hall–Kier alpha value is -2.79. The highest BCUT2D eigenvalue weighted by atomic mass is 31.1. The summed E-state index contributed by atoms with van der Waals surface area (Å²) in [5, 5.41) is 14.8. The van der Waals surface area contributed by atoms with Gasteiger partial charge in [-0.3, -0.25) is 14.4 Å². The number of carboxylic acids is 1. The van der Waals surface area contributed by atoms with Gasteiger partial charge in [0, 0.05) is 30.1 Å². The van der Waals surface area contributed by atoms with Crippen LogP contribution >= 0.6 is 8.58 Å². The molecule has 0 radical (unpaired) electrons. The number of carbonyl (C=O) groups excluding carboxylic acids is 2. The molecule has 0 aliphatic carbocycles. The van der Waals surface area contributed by atoms with Crippen molar-refractivity contribution in [2.24, 2.45) is 11.3 Å². The summed E-state index contributed by atoms with van der Waals surface area (Å²) >= 11 is 0. The van der Waals surface area contributed by atoms with Gasteiger partial charge in [-0.2, -0.15) is 0 Å². The molecule has 2 aromatic rings. The van der Waals surface area contributed by atoms with E-state index in [1.165, 1.54) is 17.8 Å². The number of ether oxygens (including phenoxy) is 1. The first kappa shape index (κ1) is 31.4. The summed E-state index contributed by atoms with van der Waals surface area (Å²) in [5.74, 6) is -1.94. The molecule has 0 spiro atoms. The number of hydrogen-bond acceptors (Lipinski definition) is 5. The average molecular weight is 543 g/mol. The quantitative estimate of drug-likeness (QED) is 0.336. The monoisotopic (exact) mass is 542 g/mol. The summed E-state index contributed by atoms with van der Waals surface area (Å²) in [6, 6.07) is 5.23. The Bertz CT molecular complexity index is 1220. The number of aryl methyl sites for hydroxylation is 1. The second-order valence-electron chi connectivity index (χ2n) is 11.0. The summed E-state index contributed by atoms with van der Waals surface area (Å²) in [5.41, 5.74) is 3.39. The molecule has 2 rings (SSSR count). The lowest BCUT2D eigenvalue weighted by Crippen LogP contribution is -2.49. The molecular formula is C30H43N2O5P. The van der Waals surface area contributed by atoms with E-state index in [0.29, 0.717) is 20.8 Å². The molecule has 0 bridgehead atoms. The number of allylic oxidation sites excluding steroid dienone is 2. The van der Waals surface area contributed by atoms with E-state index in [1.54, 1.807) is 0 Å². The Morgan fingerprint density at radius 2 is 1.87 bits per heavy atom. The van der Waals surface area contributed by atoms with Gasteiger partial charge < -0.3 is 15.2 Å². The molecule has 38 heavy (non-hydrogen) atoms. The Morgan fingerprint density at radius 1 is 1.21 bits per heavy atom. The fraction of sp³-hybridized carbons (Fsp3) is 0.533. The molecule has 1 amide bonds. The number of fused-ring (bicyclic) bond motifs is 1. The molecule has 4 unspecified atom stereocenters. The lowest BCUT2D eigenvalue weighted by atomic mass is 9.80. The lowest BCUT2D eigenvalue weighted by molar-refractivity contribution is -0.145. The highest BCUT2D eigenvalue weighted by Crippen LogP contribution is 2.33. The van der Waals surface area contributed by atoms with Crippen molar-refractivity contribution in [2.45, 2.75) is 86.8 Å². The van der Waals surface area contributed by atoms with Crippen molar-refractivity contribution in [2.75, 3.05) is 6.66 Å². The van der Waals surface area contributed by atoms with Crippen LogP contribution in [0.4, 0.5) is 0 Å². The molecule has 0 aliphatic rings. The summed E-state index contributed by atoms with van der Waals surface area (Å²) in [4.78, 5) is 42.1. The number of amides is 1. The predicted molar refractivity (Wildman–Crippen MR) is 157 cm³/mol. The molecule has 208 valence electrons. The second-order valence-corrected chi connectivity index (χ2v) is 12.0. The molecule has 0 aliphatic heterocycles. The predicted octanol–water partition coefficient (Wildman–Crippen LogP) is 5.66. The van der Waals surface area contributed by atoms with Gasteiger partial charge in [0.2, 0.25) is 5.91 Å². The van der Waals surface area contributed by atoms with E-state index in [1.807, 2.05) is 59.8 Å². The fourth-order valence-corrected chi connectivity index (χ4v) is 5.44. The number of aromatic nitrogens is 1. The van der Waals surface area contributed by atoms with Crippen LogP contribution in [-0.4, -0.2) is 46.6 Å². The highest BCUT2D eigenvalue weighted by molar-refractivity contribution is 7.47. The first-order chi connectivity index (χ1) is 17.7. The summed E-state index contributed by atoms with van der Waals surface area (Å²) in [6.45, 7) is 17.1. The number of hydrogen-bond donors (Lipinski definition) is 2. The molecular weight excluding hydrogens is 499 g/mol. The van der Waals surface area contributed by atoms with Crippen molar-refractivity contribution >= 4 is 48.0 Å². The van der Waals surface area contributed by atoms with Crippen LogP contribution in [-0.2, 0) is 14.4 Å². The smallest absolute Gasteiger partial charge is 0.307 e. The molecule has 4 atom stereocenters. The van der Waals surface area contributed by atoms with Crippen LogP contribution in [0, 0.1) is 18.3 Å². The van der Waals surface area contributed by atoms with Crippen LogP contribution in [0.15, 0.2) is 24.3 Å². The third kappa shape index (κ3) is 7.86. The first-order valence-electron chi connectivity index (χ1n) is 13.2. The minimum Gasteiger partial charge on any atom is -0.490 e. The maximum absolute atomic E-state index is 13.2. The maximum Gasteiger partial charge on any atom is 0.307 e. The zero-order valence-electron chi connectivity index (χ0n) is 24.2. The van der Waals surface area contributed by atoms with Crippen molar-refractivity contribution in [1.29, 1.82) is 0 Å². The van der Waals surface area contributed by atoms with Crippen LogP contribution in [0.25, 0.3) is 16.5 Å². The standard InChI is InChI=1S/C30H43N2O5P/c1-10-17(3)23-16-25(22-13-12-18(4)27(38-9)26(22)32-23)37-21(11-2)14-20(29(35)36)15-24(34)28(30(6,7)8)31-19(5)33/h10,12-13,16,20-21,28,38H,11,14-15H2,1-9H3,(H,31,33)(H,35,36)/b17-10+. The van der Waals surface area contributed by atoms with Crippen molar-refractivity contribution in [3.8, 4) is 5.75 Å². The van der Waals surface area contributed by atoms with Gasteiger partial charge in [0.1, 0.15) is 5.75 Å². The molecule has 0 saturated carbocycles. The Kier molecular flexibility index (Phi) is 11.0. The minimum atomic E-state index is -1.05. The van der Waals surface area contributed by atoms with Gasteiger partial charge in [-0.05, 0) is 62.9 Å². The molecule has 1 heterocycles. The summed E-state index contributed by atoms with van der Waals surface area (Å²) in [7, 11) is 0.563. The van der Waals surface area contributed by atoms with Crippen LogP contribution in [0.5, 0.6) is 5.75 Å². The van der Waals surface area contributed by atoms with E-state index in [2.05, 4.69) is 25.0 Å². The van der Waals surface area contributed by atoms with Gasteiger partial charge in [0.25, 0.3) is 0 Å². The Morgan fingerprint density at radius 3 is 2.37 bits per heavy atom. The summed E-state index contributed by atoms with van der Waals surface area (Å²) < 4.78 is 6.50. The molecule has 0 saturated heterocycles. The van der Waals surface area contributed by atoms with E-state index in [0.717, 1.165) is 22.2 Å². The van der Waals surface area contributed by atoms with E-state index in [9.17, 15) is 19.5 Å². The van der Waals surface area contributed by atoms with E-state index in [4.69, 9.17) is 9.72 Å². The van der Waals surface area contributed by atoms with Gasteiger partial charge in [0.15, 0.2) is 5.78 Å². The SMILES string of the molecule is C/C=C(\C)c1cc(OC(CC)CC(CC(=O)C(NC(C)=O)C(C)(C)C)C(=O)O)c2ccc(C)c(PC)c2n1. The lowest BCUT2D eigenvalue weighted by Gasteiger charge is -2.31. The van der Waals surface area contributed by atoms with Gasteiger partial charge in [0.05, 0.1) is 29.3 Å². The zero-order valence-corrected chi connectivity index (χ0v) is 25.2. The van der Waals surface area contributed by atoms with Crippen LogP contribution in [0.3, 0.4) is 0 Å². The van der Waals surface area contributed by atoms with Crippen molar-refractivity contribution in [1.82, 2.24) is 10.3 Å². The largest absolute Gasteiger partial charge is 0.490 e. The molecule has 0 fully saturated rings. The van der Waals surface area contributed by atoms with Gasteiger partial charge >= 0.3 is 5.97 Å². The van der Waals surface area contributed by atoms with Crippen molar-refractivity contribution < 1.29 is 24.2 Å². The molecule has 1 aromatic carbocycles. The molecule has 1 aromatic heterocycles. The van der Waals surface area contributed by atoms with Gasteiger partial charge in [-0.15, -0.1) is 0 Å². The first-order valence-corrected chi connectivity index (χ1v) is 14.7. The van der Waals surface area contributed by atoms with E-state index < -0.39 is 29.4 Å². The van der Waals surface area contributed by atoms with E-state index in [-0.39, 0.29) is 24.5 Å². The number of ketones is 1. The molecule has 2 N–H and O–H groups in total. The highest BCUT2D eigenvalue weighted by Gasteiger charge is 2.35. The number of benzene rings is 1. The fourth-order valence-electron chi connectivity index (χ4n) is 4.54. The third-order valence-corrected chi connectivity index (χ3v) is 8.00. The number of nitrogens with one attached hydrogen (secondary N) is 1. The normalized spacial score (nSPS) is 14.9. The number of Topliss-reactive ketones (excluding diaryl/α,β-unsaturated/α-hetero) is 1. The molecule has 8 heteroatoms. The minimum absolute atomic E-state index is 0.171. The van der Waals surface area contributed by atoms with Crippen LogP contribution < -0.4 is 15.4 Å². The van der Waals surface area contributed by atoms with E-state index >= 15 is 0 Å². The Balaban J connectivity index is 2.43. The zero-order chi connectivity index (χ0) is 28.8. The average Bonchev–Trinajstić information content (AvgIpc) is 2.84. The number of nitrogens with zero attached hydrogens (tertiary/aromatic N) is 1. The van der Waals surface area contributed by atoms with Crippen LogP contribution in [0.1, 0.15) is 79.0 Å². The number of carbonyl (C=O) groups is 3. The maximum atomic E-state index is 13.2. The Labute approximate surface area is 228 Å². The number of rotatable bonds is 12. The number of pyridine rings is 1.